The molecule has 0 saturated heterocycles. The van der Waals surface area contributed by atoms with Crippen molar-refractivity contribution in [2.24, 2.45) is 0 Å². The Morgan fingerprint density at radius 1 is 1.12 bits per heavy atom. The second kappa shape index (κ2) is 9.24. The number of nitrogens with zero attached hydrogens (tertiary/aromatic N) is 1. The number of sulfonamides is 1. The Morgan fingerprint density at radius 3 is 2.42 bits per heavy atom. The molecule has 0 atom stereocenters. The van der Waals surface area contributed by atoms with Crippen LogP contribution in [0.3, 0.4) is 0 Å². The van der Waals surface area contributed by atoms with Crippen molar-refractivity contribution in [2.45, 2.75) is 51.8 Å². The van der Waals surface area contributed by atoms with Crippen LogP contribution in [0.2, 0.25) is 5.15 Å². The van der Waals surface area contributed by atoms with E-state index in [0.29, 0.717) is 6.54 Å². The number of pyridine rings is 1. The summed E-state index contributed by atoms with van der Waals surface area (Å²) < 4.78 is 26.8. The van der Waals surface area contributed by atoms with Gasteiger partial charge in [0.05, 0.1) is 5.25 Å². The molecule has 26 heavy (non-hydrogen) atoms. The highest BCUT2D eigenvalue weighted by molar-refractivity contribution is 7.93. The molecule has 0 aliphatic carbocycles. The van der Waals surface area contributed by atoms with E-state index < -0.39 is 15.3 Å². The van der Waals surface area contributed by atoms with E-state index in [-0.39, 0.29) is 11.0 Å². The molecule has 2 aromatic rings. The molecule has 7 heteroatoms. The van der Waals surface area contributed by atoms with Gasteiger partial charge >= 0.3 is 0 Å². The number of hydrogen-bond acceptors (Lipinski definition) is 4. The number of nitrogens with one attached hydrogen (secondary N) is 2. The van der Waals surface area contributed by atoms with Crippen molar-refractivity contribution in [2.75, 3.05) is 10.0 Å². The summed E-state index contributed by atoms with van der Waals surface area (Å²) in [5.74, 6) is 0.262. The smallest absolute Gasteiger partial charge is 0.236 e. The molecular formula is C19H26ClN3O2S. The zero-order valence-corrected chi connectivity index (χ0v) is 17.0. The standard InChI is InChI=1S/C19H26ClN3O2S/c1-4-5-6-15-7-10-17(11-8-15)21-13-16-9-12-18(20)22-19(16)23-26(24,25)14(2)3/h7-12,14,21H,4-6,13H2,1-3H3,(H,22,23). The fraction of sp³-hybridized carbons (Fsp3) is 0.421. The maximum absolute atomic E-state index is 12.1. The third kappa shape index (κ3) is 5.88. The van der Waals surface area contributed by atoms with E-state index in [0.717, 1.165) is 17.7 Å². The third-order valence-electron chi connectivity index (χ3n) is 4.06. The number of hydrogen-bond donors (Lipinski definition) is 2. The van der Waals surface area contributed by atoms with Gasteiger partial charge in [0, 0.05) is 17.8 Å². The van der Waals surface area contributed by atoms with Crippen LogP contribution in [-0.2, 0) is 23.0 Å². The SMILES string of the molecule is CCCCc1ccc(NCc2ccc(Cl)nc2NS(=O)(=O)C(C)C)cc1. The van der Waals surface area contributed by atoms with Crippen molar-refractivity contribution in [3.8, 4) is 0 Å². The van der Waals surface area contributed by atoms with Crippen LogP contribution in [0.5, 0.6) is 0 Å². The van der Waals surface area contributed by atoms with E-state index in [9.17, 15) is 8.42 Å². The summed E-state index contributed by atoms with van der Waals surface area (Å²) in [5, 5.41) is 2.99. The van der Waals surface area contributed by atoms with Crippen molar-refractivity contribution >= 4 is 33.1 Å². The van der Waals surface area contributed by atoms with Crippen LogP contribution in [0.1, 0.15) is 44.7 Å². The molecule has 1 aromatic carbocycles. The van der Waals surface area contributed by atoms with Gasteiger partial charge in [0.25, 0.3) is 0 Å². The second-order valence-corrected chi connectivity index (χ2v) is 9.12. The summed E-state index contributed by atoms with van der Waals surface area (Å²) in [5.41, 5.74) is 3.02. The van der Waals surface area contributed by atoms with E-state index in [2.05, 4.69) is 34.1 Å². The number of halogens is 1. The molecule has 0 spiro atoms. The summed E-state index contributed by atoms with van der Waals surface area (Å²) in [4.78, 5) is 4.14. The summed E-state index contributed by atoms with van der Waals surface area (Å²) in [6.07, 6.45) is 3.44. The Morgan fingerprint density at radius 2 is 1.81 bits per heavy atom. The van der Waals surface area contributed by atoms with Gasteiger partial charge in [-0.05, 0) is 50.5 Å². The van der Waals surface area contributed by atoms with Gasteiger partial charge in [-0.3, -0.25) is 4.72 Å². The summed E-state index contributed by atoms with van der Waals surface area (Å²) in [7, 11) is -3.49. The molecule has 0 aliphatic rings. The first kappa shape index (κ1) is 20.5. The van der Waals surface area contributed by atoms with Crippen molar-refractivity contribution < 1.29 is 8.42 Å². The molecule has 2 N–H and O–H groups in total. The summed E-state index contributed by atoms with van der Waals surface area (Å²) in [6, 6.07) is 11.7. The van der Waals surface area contributed by atoms with E-state index in [1.54, 1.807) is 26.0 Å². The maximum Gasteiger partial charge on any atom is 0.236 e. The molecule has 0 bridgehead atoms. The maximum atomic E-state index is 12.1. The first-order valence-electron chi connectivity index (χ1n) is 8.81. The fourth-order valence-corrected chi connectivity index (χ4v) is 3.14. The average Bonchev–Trinajstić information content (AvgIpc) is 2.60. The van der Waals surface area contributed by atoms with Gasteiger partial charge in [-0.1, -0.05) is 43.1 Å². The molecule has 0 radical (unpaired) electrons. The largest absolute Gasteiger partial charge is 0.381 e. The fourth-order valence-electron chi connectivity index (χ4n) is 2.32. The van der Waals surface area contributed by atoms with Gasteiger partial charge in [-0.2, -0.15) is 0 Å². The van der Waals surface area contributed by atoms with Gasteiger partial charge in [0.1, 0.15) is 11.0 Å². The normalized spacial score (nSPS) is 11.6. The van der Waals surface area contributed by atoms with E-state index in [4.69, 9.17) is 11.6 Å². The predicted octanol–water partition coefficient (Wildman–Crippen LogP) is 4.84. The molecule has 2 rings (SSSR count). The van der Waals surface area contributed by atoms with E-state index in [1.165, 1.54) is 18.4 Å². The summed E-state index contributed by atoms with van der Waals surface area (Å²) >= 11 is 5.94. The predicted molar refractivity (Wildman–Crippen MR) is 109 cm³/mol. The quantitative estimate of drug-likeness (QED) is 0.596. The third-order valence-corrected chi connectivity index (χ3v) is 5.99. The molecule has 0 amide bonds. The highest BCUT2D eigenvalue weighted by Gasteiger charge is 2.18. The van der Waals surface area contributed by atoms with Crippen molar-refractivity contribution in [1.82, 2.24) is 4.98 Å². The Kier molecular flexibility index (Phi) is 7.29. The van der Waals surface area contributed by atoms with Crippen LogP contribution in [0.15, 0.2) is 36.4 Å². The van der Waals surface area contributed by atoms with Gasteiger partial charge in [0.15, 0.2) is 0 Å². The van der Waals surface area contributed by atoms with Gasteiger partial charge in [-0.15, -0.1) is 0 Å². The highest BCUT2D eigenvalue weighted by Crippen LogP contribution is 2.21. The Bertz CT molecular complexity index is 821. The second-order valence-electron chi connectivity index (χ2n) is 6.49. The first-order chi connectivity index (χ1) is 12.3. The molecule has 0 fully saturated rings. The number of benzene rings is 1. The molecule has 0 unspecified atom stereocenters. The van der Waals surface area contributed by atoms with Crippen LogP contribution in [-0.4, -0.2) is 18.7 Å². The topological polar surface area (TPSA) is 71.1 Å². The van der Waals surface area contributed by atoms with Gasteiger partial charge in [-0.25, -0.2) is 13.4 Å². The van der Waals surface area contributed by atoms with Crippen molar-refractivity contribution in [3.63, 3.8) is 0 Å². The van der Waals surface area contributed by atoms with Gasteiger partial charge < -0.3 is 5.32 Å². The molecule has 0 saturated carbocycles. The molecule has 0 aliphatic heterocycles. The number of anilines is 2. The number of unbranched alkanes of at least 4 members (excludes halogenated alkanes) is 1. The van der Waals surface area contributed by atoms with E-state index in [1.807, 2.05) is 12.1 Å². The minimum absolute atomic E-state index is 0.246. The van der Waals surface area contributed by atoms with E-state index >= 15 is 0 Å². The molecule has 5 nitrogen and oxygen atoms in total. The molecular weight excluding hydrogens is 370 g/mol. The lowest BCUT2D eigenvalue weighted by Crippen LogP contribution is -2.24. The minimum Gasteiger partial charge on any atom is -0.381 e. The Balaban J connectivity index is 2.09. The Hall–Kier alpha value is -1.79. The number of aryl methyl sites for hydroxylation is 1. The lowest BCUT2D eigenvalue weighted by molar-refractivity contribution is 0.592. The number of rotatable bonds is 9. The molecule has 1 aromatic heterocycles. The Labute approximate surface area is 161 Å². The number of aromatic nitrogens is 1. The zero-order valence-electron chi connectivity index (χ0n) is 15.4. The zero-order chi connectivity index (χ0) is 19.2. The highest BCUT2D eigenvalue weighted by atomic mass is 35.5. The monoisotopic (exact) mass is 395 g/mol. The summed E-state index contributed by atoms with van der Waals surface area (Å²) in [6.45, 7) is 5.85. The van der Waals surface area contributed by atoms with Crippen molar-refractivity contribution in [1.29, 1.82) is 0 Å². The average molecular weight is 396 g/mol. The van der Waals surface area contributed by atoms with Crippen LogP contribution in [0, 0.1) is 0 Å². The lowest BCUT2D eigenvalue weighted by atomic mass is 10.1. The molecule has 142 valence electrons. The van der Waals surface area contributed by atoms with Crippen LogP contribution in [0.25, 0.3) is 0 Å². The molecule has 1 heterocycles. The first-order valence-corrected chi connectivity index (χ1v) is 10.7. The van der Waals surface area contributed by atoms with Crippen molar-refractivity contribution in [3.05, 3.63) is 52.7 Å². The van der Waals surface area contributed by atoms with Gasteiger partial charge in [0.2, 0.25) is 10.0 Å². The van der Waals surface area contributed by atoms with Crippen LogP contribution < -0.4 is 10.0 Å². The lowest BCUT2D eigenvalue weighted by Gasteiger charge is -2.15. The van der Waals surface area contributed by atoms with Crippen LogP contribution >= 0.6 is 11.6 Å². The van der Waals surface area contributed by atoms with Crippen LogP contribution in [0.4, 0.5) is 11.5 Å². The minimum atomic E-state index is -3.49.